The van der Waals surface area contributed by atoms with E-state index in [0.717, 1.165) is 0 Å². The molecular weight excluding hydrogens is 294 g/mol. The maximum Gasteiger partial charge on any atom is 0.312 e. The van der Waals surface area contributed by atoms with Crippen molar-refractivity contribution >= 4 is 17.7 Å². The molecule has 6 nitrogen and oxygen atoms in total. The van der Waals surface area contributed by atoms with Gasteiger partial charge in [-0.2, -0.15) is 0 Å². The highest BCUT2D eigenvalue weighted by Gasteiger charge is 2.29. The average Bonchev–Trinajstić information content (AvgIpc) is 2.54. The molecule has 0 spiro atoms. The quantitative estimate of drug-likeness (QED) is 0.792. The van der Waals surface area contributed by atoms with Crippen LogP contribution in [0.15, 0.2) is 0 Å². The summed E-state index contributed by atoms with van der Waals surface area (Å²) in [6.45, 7) is 5.61. The molecule has 1 saturated carbocycles. The first-order chi connectivity index (χ1) is 11.0. The number of rotatable bonds is 3. The lowest BCUT2D eigenvalue weighted by Crippen LogP contribution is -2.54. The minimum Gasteiger partial charge on any atom is -0.346 e. The first kappa shape index (κ1) is 17.8. The van der Waals surface area contributed by atoms with Gasteiger partial charge in [0.2, 0.25) is 5.91 Å². The fourth-order valence-electron chi connectivity index (χ4n) is 3.39. The third kappa shape index (κ3) is 5.22. The van der Waals surface area contributed by atoms with Crippen LogP contribution in [0.3, 0.4) is 0 Å². The largest absolute Gasteiger partial charge is 0.346 e. The van der Waals surface area contributed by atoms with Crippen molar-refractivity contribution in [1.29, 1.82) is 0 Å². The van der Waals surface area contributed by atoms with Gasteiger partial charge in [-0.05, 0) is 32.6 Å². The highest BCUT2D eigenvalue weighted by atomic mass is 16.2. The first-order valence-electron chi connectivity index (χ1n) is 8.85. The lowest BCUT2D eigenvalue weighted by Gasteiger charge is -2.35. The van der Waals surface area contributed by atoms with Crippen LogP contribution in [0.5, 0.6) is 0 Å². The van der Waals surface area contributed by atoms with Gasteiger partial charge in [-0.3, -0.25) is 14.4 Å². The van der Waals surface area contributed by atoms with Crippen LogP contribution in [-0.4, -0.2) is 59.7 Å². The van der Waals surface area contributed by atoms with Crippen LogP contribution >= 0.6 is 0 Å². The molecule has 1 N–H and O–H groups in total. The number of amides is 3. The highest BCUT2D eigenvalue weighted by Crippen LogP contribution is 2.27. The summed E-state index contributed by atoms with van der Waals surface area (Å²) in [7, 11) is 0. The Morgan fingerprint density at radius 1 is 0.957 bits per heavy atom. The molecule has 2 rings (SSSR count). The van der Waals surface area contributed by atoms with Crippen molar-refractivity contribution in [2.24, 2.45) is 5.92 Å². The van der Waals surface area contributed by atoms with Crippen LogP contribution in [-0.2, 0) is 14.4 Å². The second-order valence-corrected chi connectivity index (χ2v) is 7.01. The van der Waals surface area contributed by atoms with E-state index in [1.165, 1.54) is 32.1 Å². The summed E-state index contributed by atoms with van der Waals surface area (Å²) < 4.78 is 0. The van der Waals surface area contributed by atoms with Crippen molar-refractivity contribution < 1.29 is 14.4 Å². The van der Waals surface area contributed by atoms with E-state index in [4.69, 9.17) is 0 Å². The van der Waals surface area contributed by atoms with E-state index in [-0.39, 0.29) is 11.9 Å². The predicted octanol–water partition coefficient (Wildman–Crippen LogP) is 1.15. The summed E-state index contributed by atoms with van der Waals surface area (Å²) in [6, 6.07) is -0.0511. The fourth-order valence-corrected chi connectivity index (χ4v) is 3.39. The Bertz CT molecular complexity index is 436. The second-order valence-electron chi connectivity index (χ2n) is 7.01. The van der Waals surface area contributed by atoms with Gasteiger partial charge in [-0.1, -0.05) is 19.3 Å². The molecule has 3 amide bonds. The molecule has 130 valence electrons. The lowest BCUT2D eigenvalue weighted by atomic mass is 9.86. The van der Waals surface area contributed by atoms with Gasteiger partial charge in [-0.15, -0.1) is 0 Å². The summed E-state index contributed by atoms with van der Waals surface area (Å²) in [6.07, 6.45) is 6.75. The van der Waals surface area contributed by atoms with E-state index in [9.17, 15) is 14.4 Å². The summed E-state index contributed by atoms with van der Waals surface area (Å²) in [5.41, 5.74) is 0. The van der Waals surface area contributed by atoms with Crippen molar-refractivity contribution in [1.82, 2.24) is 15.1 Å². The smallest absolute Gasteiger partial charge is 0.312 e. The highest BCUT2D eigenvalue weighted by molar-refractivity contribution is 6.35. The molecule has 6 heteroatoms. The fraction of sp³-hybridized carbons (Fsp3) is 0.824. The summed E-state index contributed by atoms with van der Waals surface area (Å²) >= 11 is 0. The van der Waals surface area contributed by atoms with Crippen LogP contribution in [0, 0.1) is 5.92 Å². The maximum absolute atomic E-state index is 12.4. The van der Waals surface area contributed by atoms with Crippen molar-refractivity contribution in [3.05, 3.63) is 0 Å². The van der Waals surface area contributed by atoms with Crippen molar-refractivity contribution in [3.63, 3.8) is 0 Å². The molecular formula is C17H29N3O3. The number of carbonyl (C=O) groups excluding carboxylic acids is 3. The van der Waals surface area contributed by atoms with Crippen LogP contribution in [0.1, 0.15) is 52.4 Å². The Hall–Kier alpha value is -1.59. The topological polar surface area (TPSA) is 69.7 Å². The van der Waals surface area contributed by atoms with Gasteiger partial charge in [0.1, 0.15) is 0 Å². The Kier molecular flexibility index (Phi) is 6.42. The van der Waals surface area contributed by atoms with E-state index in [0.29, 0.717) is 38.5 Å². The van der Waals surface area contributed by atoms with Crippen molar-refractivity contribution in [3.8, 4) is 0 Å². The maximum atomic E-state index is 12.4. The Morgan fingerprint density at radius 3 is 2.09 bits per heavy atom. The lowest BCUT2D eigenvalue weighted by molar-refractivity contribution is -0.148. The van der Waals surface area contributed by atoms with E-state index in [2.05, 4.69) is 5.32 Å². The van der Waals surface area contributed by atoms with Crippen LogP contribution in [0.4, 0.5) is 0 Å². The standard InChI is InChI=1S/C17H29N3O3/c1-13(2)18-16(22)17(23)20-10-8-19(9-11-20)15(21)12-14-6-4-3-5-7-14/h13-14H,3-12H2,1-2H3,(H,18,22). The molecule has 1 heterocycles. The number of hydrogen-bond acceptors (Lipinski definition) is 3. The van der Waals surface area contributed by atoms with Crippen molar-refractivity contribution in [2.75, 3.05) is 26.2 Å². The van der Waals surface area contributed by atoms with E-state index in [1.807, 2.05) is 18.7 Å². The molecule has 0 radical (unpaired) electrons. The van der Waals surface area contributed by atoms with Crippen LogP contribution in [0.2, 0.25) is 0 Å². The summed E-state index contributed by atoms with van der Waals surface area (Å²) in [5.74, 6) is -0.302. The van der Waals surface area contributed by atoms with Gasteiger partial charge in [0, 0.05) is 38.6 Å². The zero-order chi connectivity index (χ0) is 16.8. The van der Waals surface area contributed by atoms with E-state index < -0.39 is 11.8 Å². The average molecular weight is 323 g/mol. The van der Waals surface area contributed by atoms with Crippen molar-refractivity contribution in [2.45, 2.75) is 58.4 Å². The molecule has 23 heavy (non-hydrogen) atoms. The van der Waals surface area contributed by atoms with Gasteiger partial charge in [0.25, 0.3) is 0 Å². The predicted molar refractivity (Wildman–Crippen MR) is 87.6 cm³/mol. The minimum atomic E-state index is -0.554. The summed E-state index contributed by atoms with van der Waals surface area (Å²) in [5, 5.41) is 2.62. The molecule has 0 bridgehead atoms. The SMILES string of the molecule is CC(C)NC(=O)C(=O)N1CCN(C(=O)CC2CCCCC2)CC1. The first-order valence-corrected chi connectivity index (χ1v) is 8.85. The molecule has 0 unspecified atom stereocenters. The number of nitrogens with one attached hydrogen (secondary N) is 1. The van der Waals surface area contributed by atoms with Gasteiger partial charge in [0.05, 0.1) is 0 Å². The van der Waals surface area contributed by atoms with Crippen LogP contribution in [0.25, 0.3) is 0 Å². The van der Waals surface area contributed by atoms with Gasteiger partial charge >= 0.3 is 11.8 Å². The Labute approximate surface area is 138 Å². The third-order valence-electron chi connectivity index (χ3n) is 4.72. The Morgan fingerprint density at radius 2 is 1.52 bits per heavy atom. The molecule has 0 aromatic carbocycles. The molecule has 0 aromatic heterocycles. The third-order valence-corrected chi connectivity index (χ3v) is 4.72. The van der Waals surface area contributed by atoms with E-state index in [1.54, 1.807) is 4.90 Å². The number of nitrogens with zero attached hydrogens (tertiary/aromatic N) is 2. The van der Waals surface area contributed by atoms with Gasteiger partial charge < -0.3 is 15.1 Å². The minimum absolute atomic E-state index is 0.0511. The zero-order valence-corrected chi connectivity index (χ0v) is 14.3. The zero-order valence-electron chi connectivity index (χ0n) is 14.3. The molecule has 1 aliphatic heterocycles. The molecule has 0 atom stereocenters. The summed E-state index contributed by atoms with van der Waals surface area (Å²) in [4.78, 5) is 39.5. The van der Waals surface area contributed by atoms with E-state index >= 15 is 0 Å². The molecule has 2 fully saturated rings. The van der Waals surface area contributed by atoms with Gasteiger partial charge in [-0.25, -0.2) is 0 Å². The number of carbonyl (C=O) groups is 3. The number of piperazine rings is 1. The van der Waals surface area contributed by atoms with Crippen LogP contribution < -0.4 is 5.32 Å². The monoisotopic (exact) mass is 323 g/mol. The second kappa shape index (κ2) is 8.31. The Balaban J connectivity index is 1.75. The van der Waals surface area contributed by atoms with Gasteiger partial charge in [0.15, 0.2) is 0 Å². The number of hydrogen-bond donors (Lipinski definition) is 1. The molecule has 1 saturated heterocycles. The normalized spacial score (nSPS) is 19.8. The molecule has 0 aromatic rings. The molecule has 2 aliphatic rings. The molecule has 1 aliphatic carbocycles.